The van der Waals surface area contributed by atoms with Gasteiger partial charge >= 0.3 is 0 Å². The van der Waals surface area contributed by atoms with E-state index in [4.69, 9.17) is 14.2 Å². The largest absolute Gasteiger partial charge is 0.493 e. The van der Waals surface area contributed by atoms with Gasteiger partial charge in [-0.3, -0.25) is 0 Å². The van der Waals surface area contributed by atoms with Crippen molar-refractivity contribution < 1.29 is 14.2 Å². The maximum atomic E-state index is 5.69. The van der Waals surface area contributed by atoms with Gasteiger partial charge in [0.1, 0.15) is 12.4 Å². The van der Waals surface area contributed by atoms with Crippen LogP contribution >= 0.6 is 15.9 Å². The molecule has 3 aromatic rings. The maximum absolute atomic E-state index is 5.69. The minimum Gasteiger partial charge on any atom is -0.493 e. The number of aromatic nitrogens is 3. The summed E-state index contributed by atoms with van der Waals surface area (Å²) in [6.45, 7) is 0. The number of methoxy groups -OCH3 is 3. The van der Waals surface area contributed by atoms with E-state index in [1.165, 1.54) is 6.33 Å². The van der Waals surface area contributed by atoms with Crippen molar-refractivity contribution in [2.24, 2.45) is 0 Å². The van der Waals surface area contributed by atoms with Crippen LogP contribution in [-0.2, 0) is 0 Å². The first kappa shape index (κ1) is 18.4. The van der Waals surface area contributed by atoms with Crippen molar-refractivity contribution in [2.45, 2.75) is 6.04 Å². The number of ether oxygens (including phenoxy) is 3. The van der Waals surface area contributed by atoms with Crippen LogP contribution in [0.1, 0.15) is 17.2 Å². The quantitative estimate of drug-likeness (QED) is 0.640. The van der Waals surface area contributed by atoms with E-state index in [0.717, 1.165) is 21.3 Å². The number of anilines is 1. The van der Waals surface area contributed by atoms with Crippen LogP contribution < -0.4 is 19.5 Å². The summed E-state index contributed by atoms with van der Waals surface area (Å²) in [7, 11) is 4.81. The van der Waals surface area contributed by atoms with Crippen molar-refractivity contribution in [3.63, 3.8) is 0 Å². The molecule has 144 valence electrons. The van der Waals surface area contributed by atoms with Gasteiger partial charge in [0, 0.05) is 15.7 Å². The predicted molar refractivity (Wildman–Crippen MR) is 110 cm³/mol. The molecule has 2 aromatic carbocycles. The molecule has 1 atom stereocenters. The molecule has 0 saturated carbocycles. The van der Waals surface area contributed by atoms with Crippen molar-refractivity contribution in [3.8, 4) is 17.2 Å². The Kier molecular flexibility index (Phi) is 4.95. The van der Waals surface area contributed by atoms with Crippen LogP contribution in [0, 0.1) is 0 Å². The summed E-state index contributed by atoms with van der Waals surface area (Å²) in [5, 5.41) is 7.73. The number of fused-ring (bicyclic) bond motifs is 1. The lowest BCUT2D eigenvalue weighted by Crippen LogP contribution is -2.21. The highest BCUT2D eigenvalue weighted by molar-refractivity contribution is 9.10. The van der Waals surface area contributed by atoms with Crippen molar-refractivity contribution >= 4 is 27.6 Å². The lowest BCUT2D eigenvalue weighted by atomic mass is 10.00. The van der Waals surface area contributed by atoms with Gasteiger partial charge in [0.25, 0.3) is 0 Å². The number of benzene rings is 2. The molecular weight excluding hydrogens is 424 g/mol. The molecule has 0 amide bonds. The van der Waals surface area contributed by atoms with E-state index >= 15 is 0 Å². The van der Waals surface area contributed by atoms with E-state index < -0.39 is 0 Å². The lowest BCUT2D eigenvalue weighted by Gasteiger charge is -2.26. The van der Waals surface area contributed by atoms with Crippen LogP contribution in [0.15, 0.2) is 53.3 Å². The van der Waals surface area contributed by atoms with E-state index in [1.54, 1.807) is 21.3 Å². The van der Waals surface area contributed by atoms with Crippen molar-refractivity contribution in [1.82, 2.24) is 14.8 Å². The van der Waals surface area contributed by atoms with Crippen molar-refractivity contribution in [1.29, 1.82) is 0 Å². The number of hydrogen-bond donors (Lipinski definition) is 1. The molecule has 0 bridgehead atoms. The molecule has 1 aromatic heterocycles. The SMILES string of the molecule is COc1ccc([C@@H]2C=C(c3ccc(Br)cc3)Nc3ncnn32)c(OC)c1OC. The number of nitrogens with zero attached hydrogens (tertiary/aromatic N) is 3. The summed E-state index contributed by atoms with van der Waals surface area (Å²) in [5.41, 5.74) is 2.87. The second-order valence-electron chi connectivity index (χ2n) is 6.11. The first-order valence-electron chi connectivity index (χ1n) is 8.59. The molecule has 8 heteroatoms. The number of rotatable bonds is 5. The molecule has 0 aliphatic carbocycles. The van der Waals surface area contributed by atoms with Crippen LogP contribution in [0.4, 0.5) is 5.95 Å². The number of halogens is 1. The highest BCUT2D eigenvalue weighted by Crippen LogP contribution is 2.45. The van der Waals surface area contributed by atoms with Gasteiger partial charge < -0.3 is 19.5 Å². The van der Waals surface area contributed by atoms with Crippen molar-refractivity contribution in [2.75, 3.05) is 26.6 Å². The third-order valence-electron chi connectivity index (χ3n) is 4.62. The fourth-order valence-corrected chi connectivity index (χ4v) is 3.57. The van der Waals surface area contributed by atoms with Crippen molar-refractivity contribution in [3.05, 3.63) is 64.4 Å². The van der Waals surface area contributed by atoms with Gasteiger partial charge in [-0.05, 0) is 35.9 Å². The van der Waals surface area contributed by atoms with Crippen LogP contribution in [0.5, 0.6) is 17.2 Å². The molecule has 0 fully saturated rings. The highest BCUT2D eigenvalue weighted by Gasteiger charge is 2.28. The average Bonchev–Trinajstić information content (AvgIpc) is 3.21. The average molecular weight is 443 g/mol. The standard InChI is InChI=1S/C20H19BrN4O3/c1-26-17-9-8-14(18(27-2)19(17)28-3)16-10-15(12-4-6-13(21)7-5-12)24-20-22-11-23-25(16)20/h4-11,16H,1-3H3,(H,22,23,24)/t16-/m0/s1. The maximum Gasteiger partial charge on any atom is 0.226 e. The highest BCUT2D eigenvalue weighted by atomic mass is 79.9. The molecule has 7 nitrogen and oxygen atoms in total. The number of nitrogens with one attached hydrogen (secondary N) is 1. The van der Waals surface area contributed by atoms with Gasteiger partial charge in [-0.2, -0.15) is 10.1 Å². The second kappa shape index (κ2) is 7.55. The van der Waals surface area contributed by atoms with E-state index in [9.17, 15) is 0 Å². The Morgan fingerprint density at radius 1 is 0.964 bits per heavy atom. The monoisotopic (exact) mass is 442 g/mol. The van der Waals surface area contributed by atoms with Gasteiger partial charge in [0.15, 0.2) is 11.5 Å². The third kappa shape index (κ3) is 3.09. The van der Waals surface area contributed by atoms with Crippen LogP contribution in [0.3, 0.4) is 0 Å². The molecule has 0 saturated heterocycles. The smallest absolute Gasteiger partial charge is 0.226 e. The normalized spacial score (nSPS) is 15.3. The van der Waals surface area contributed by atoms with Crippen LogP contribution in [0.2, 0.25) is 0 Å². The van der Waals surface area contributed by atoms with Gasteiger partial charge in [-0.1, -0.05) is 28.1 Å². The molecule has 1 aliphatic heterocycles. The Hall–Kier alpha value is -3.00. The molecule has 28 heavy (non-hydrogen) atoms. The van der Waals surface area contributed by atoms with Gasteiger partial charge in [0.05, 0.1) is 21.3 Å². The molecular formula is C20H19BrN4O3. The number of hydrogen-bond acceptors (Lipinski definition) is 6. The fraction of sp³-hybridized carbons (Fsp3) is 0.200. The Balaban J connectivity index is 1.87. The minimum absolute atomic E-state index is 0.229. The Labute approximate surface area is 171 Å². The zero-order chi connectivity index (χ0) is 19.7. The number of allylic oxidation sites excluding steroid dienone is 1. The Bertz CT molecular complexity index is 1030. The zero-order valence-corrected chi connectivity index (χ0v) is 17.2. The molecule has 0 radical (unpaired) electrons. The minimum atomic E-state index is -0.229. The van der Waals surface area contributed by atoms with Gasteiger partial charge in [-0.25, -0.2) is 4.68 Å². The summed E-state index contributed by atoms with van der Waals surface area (Å²) < 4.78 is 19.5. The zero-order valence-electron chi connectivity index (χ0n) is 15.6. The molecule has 4 rings (SSSR count). The van der Waals surface area contributed by atoms with E-state index in [2.05, 4.69) is 37.4 Å². The van der Waals surface area contributed by atoms with Gasteiger partial charge in [-0.15, -0.1) is 0 Å². The Morgan fingerprint density at radius 3 is 2.39 bits per heavy atom. The first-order valence-corrected chi connectivity index (χ1v) is 9.38. The fourth-order valence-electron chi connectivity index (χ4n) is 3.31. The molecule has 0 spiro atoms. The molecule has 0 unspecified atom stereocenters. The Morgan fingerprint density at radius 2 is 1.71 bits per heavy atom. The summed E-state index contributed by atoms with van der Waals surface area (Å²) in [4.78, 5) is 4.35. The van der Waals surface area contributed by atoms with Crippen LogP contribution in [-0.4, -0.2) is 36.1 Å². The summed E-state index contributed by atoms with van der Waals surface area (Å²) >= 11 is 3.48. The molecule has 1 aliphatic rings. The van der Waals surface area contributed by atoms with E-state index in [1.807, 2.05) is 41.1 Å². The summed E-state index contributed by atoms with van der Waals surface area (Å²) in [6, 6.07) is 11.7. The predicted octanol–water partition coefficient (Wildman–Crippen LogP) is 4.12. The second-order valence-corrected chi connectivity index (χ2v) is 7.02. The summed E-state index contributed by atoms with van der Waals surface area (Å²) in [6.07, 6.45) is 3.62. The third-order valence-corrected chi connectivity index (χ3v) is 5.14. The first-order chi connectivity index (χ1) is 13.7. The molecule has 2 heterocycles. The van der Waals surface area contributed by atoms with Crippen LogP contribution in [0.25, 0.3) is 5.70 Å². The van der Waals surface area contributed by atoms with E-state index in [-0.39, 0.29) is 6.04 Å². The van der Waals surface area contributed by atoms with Gasteiger partial charge in [0.2, 0.25) is 11.7 Å². The summed E-state index contributed by atoms with van der Waals surface area (Å²) in [5.74, 6) is 2.40. The van der Waals surface area contributed by atoms with E-state index in [0.29, 0.717) is 23.2 Å². The lowest BCUT2D eigenvalue weighted by molar-refractivity contribution is 0.320. The molecule has 1 N–H and O–H groups in total. The topological polar surface area (TPSA) is 70.4 Å².